The molecule has 2 aromatic rings. The molecule has 18 heavy (non-hydrogen) atoms. The van der Waals surface area contributed by atoms with Crippen molar-refractivity contribution in [2.24, 2.45) is 7.05 Å². The smallest absolute Gasteiger partial charge is 0.101 e. The summed E-state index contributed by atoms with van der Waals surface area (Å²) < 4.78 is 1.90. The maximum atomic E-state index is 9.20. The molecule has 0 spiro atoms. The highest BCUT2D eigenvalue weighted by atomic mass is 14.9. The molecule has 1 aromatic heterocycles. The zero-order chi connectivity index (χ0) is 13.0. The van der Waals surface area contributed by atoms with Crippen LogP contribution in [0.25, 0.3) is 11.6 Å². The number of rotatable bonds is 2. The van der Waals surface area contributed by atoms with Gasteiger partial charge in [-0.25, -0.2) is 0 Å². The van der Waals surface area contributed by atoms with E-state index in [1.54, 1.807) is 12.1 Å². The van der Waals surface area contributed by atoms with E-state index in [2.05, 4.69) is 12.1 Å². The number of nitrogens with zero attached hydrogens (tertiary/aromatic N) is 3. The van der Waals surface area contributed by atoms with Gasteiger partial charge in [0.25, 0.3) is 0 Å². The molecule has 3 nitrogen and oxygen atoms in total. The maximum Gasteiger partial charge on any atom is 0.101 e. The fraction of sp³-hybridized carbons (Fsp3) is 0.0667. The van der Waals surface area contributed by atoms with Gasteiger partial charge >= 0.3 is 0 Å². The number of hydrogen-bond acceptors (Lipinski definition) is 2. The normalized spacial score (nSPS) is 10.7. The van der Waals surface area contributed by atoms with Crippen LogP contribution in [0.5, 0.6) is 0 Å². The van der Waals surface area contributed by atoms with E-state index in [1.165, 1.54) is 0 Å². The first kappa shape index (κ1) is 11.7. The summed E-state index contributed by atoms with van der Waals surface area (Å²) in [5.74, 6) is 0. The Bertz CT molecular complexity index is 661. The van der Waals surface area contributed by atoms with Crippen molar-refractivity contribution >= 4 is 11.6 Å². The monoisotopic (exact) mass is 233 g/mol. The van der Waals surface area contributed by atoms with Crippen molar-refractivity contribution in [1.82, 2.24) is 4.57 Å². The van der Waals surface area contributed by atoms with Crippen LogP contribution in [0, 0.1) is 22.7 Å². The Hall–Kier alpha value is -2.78. The molecule has 0 amide bonds. The lowest BCUT2D eigenvalue weighted by molar-refractivity contribution is 0.911. The first-order valence-corrected chi connectivity index (χ1v) is 5.48. The third kappa shape index (κ3) is 2.31. The van der Waals surface area contributed by atoms with E-state index >= 15 is 0 Å². The Balaban J connectivity index is 2.39. The molecule has 1 aromatic carbocycles. The minimum absolute atomic E-state index is 0.604. The molecule has 0 saturated heterocycles. The van der Waals surface area contributed by atoms with Gasteiger partial charge in [-0.3, -0.25) is 0 Å². The predicted molar refractivity (Wildman–Crippen MR) is 70.1 cm³/mol. The molecule has 0 radical (unpaired) electrons. The van der Waals surface area contributed by atoms with Crippen molar-refractivity contribution in [2.75, 3.05) is 0 Å². The number of aryl methyl sites for hydroxylation is 1. The number of nitriles is 2. The van der Waals surface area contributed by atoms with E-state index in [1.807, 2.05) is 48.2 Å². The van der Waals surface area contributed by atoms with Gasteiger partial charge < -0.3 is 4.57 Å². The van der Waals surface area contributed by atoms with Crippen molar-refractivity contribution in [3.05, 3.63) is 59.4 Å². The van der Waals surface area contributed by atoms with E-state index in [0.717, 1.165) is 11.3 Å². The van der Waals surface area contributed by atoms with Gasteiger partial charge in [-0.15, -0.1) is 0 Å². The lowest BCUT2D eigenvalue weighted by atomic mass is 10.1. The highest BCUT2D eigenvalue weighted by molar-refractivity contribution is 5.88. The number of aromatic nitrogens is 1. The summed E-state index contributed by atoms with van der Waals surface area (Å²) in [5, 5.41) is 17.9. The Morgan fingerprint density at radius 1 is 1.17 bits per heavy atom. The second kappa shape index (κ2) is 5.03. The average Bonchev–Trinajstić information content (AvgIpc) is 2.83. The molecule has 0 aliphatic heterocycles. The first-order chi connectivity index (χ1) is 8.74. The summed E-state index contributed by atoms with van der Waals surface area (Å²) in [5.41, 5.74) is 3.00. The molecule has 0 atom stereocenters. The van der Waals surface area contributed by atoms with Gasteiger partial charge in [0.15, 0.2) is 0 Å². The van der Waals surface area contributed by atoms with E-state index in [0.29, 0.717) is 11.1 Å². The summed E-state index contributed by atoms with van der Waals surface area (Å²) >= 11 is 0. The van der Waals surface area contributed by atoms with E-state index < -0.39 is 0 Å². The fourth-order valence-corrected chi connectivity index (χ4v) is 1.72. The van der Waals surface area contributed by atoms with Crippen molar-refractivity contribution in [1.29, 1.82) is 10.5 Å². The van der Waals surface area contributed by atoms with Gasteiger partial charge in [0, 0.05) is 13.2 Å². The molecule has 2 rings (SSSR count). The molecule has 0 saturated carbocycles. The molecule has 1 heterocycles. The number of hydrogen-bond donors (Lipinski definition) is 0. The second-order valence-electron chi connectivity index (χ2n) is 3.91. The van der Waals surface area contributed by atoms with Gasteiger partial charge in [-0.05, 0) is 35.9 Å². The van der Waals surface area contributed by atoms with Gasteiger partial charge in [0.2, 0.25) is 0 Å². The SMILES string of the molecule is Cn1cccc1/C(C#N)=C/c1ccc(C#N)cc1. The summed E-state index contributed by atoms with van der Waals surface area (Å²) in [6.07, 6.45) is 3.72. The summed E-state index contributed by atoms with van der Waals surface area (Å²) in [6, 6.07) is 15.2. The number of benzene rings is 1. The zero-order valence-electron chi connectivity index (χ0n) is 9.96. The minimum atomic E-state index is 0.604. The van der Waals surface area contributed by atoms with Crippen LogP contribution in [0.1, 0.15) is 16.8 Å². The van der Waals surface area contributed by atoms with Crippen LogP contribution in [-0.4, -0.2) is 4.57 Å². The fourth-order valence-electron chi connectivity index (χ4n) is 1.72. The zero-order valence-corrected chi connectivity index (χ0v) is 9.96. The summed E-state index contributed by atoms with van der Waals surface area (Å²) in [4.78, 5) is 0. The molecule has 0 bridgehead atoms. The number of allylic oxidation sites excluding steroid dienone is 1. The van der Waals surface area contributed by atoms with Gasteiger partial charge in [0.05, 0.1) is 22.9 Å². The van der Waals surface area contributed by atoms with E-state index in [9.17, 15) is 5.26 Å². The van der Waals surface area contributed by atoms with Crippen molar-refractivity contribution in [3.63, 3.8) is 0 Å². The lowest BCUT2D eigenvalue weighted by Gasteiger charge is -2.01. The molecular formula is C15H11N3. The summed E-state index contributed by atoms with van der Waals surface area (Å²) in [6.45, 7) is 0. The van der Waals surface area contributed by atoms with Crippen LogP contribution >= 0.6 is 0 Å². The van der Waals surface area contributed by atoms with Crippen LogP contribution in [0.3, 0.4) is 0 Å². The highest BCUT2D eigenvalue weighted by Gasteiger charge is 2.04. The minimum Gasteiger partial charge on any atom is -0.350 e. The van der Waals surface area contributed by atoms with Gasteiger partial charge in [0.1, 0.15) is 6.07 Å². The van der Waals surface area contributed by atoms with Gasteiger partial charge in [-0.2, -0.15) is 10.5 Å². The highest BCUT2D eigenvalue weighted by Crippen LogP contribution is 2.17. The largest absolute Gasteiger partial charge is 0.350 e. The molecule has 0 fully saturated rings. The van der Waals surface area contributed by atoms with E-state index in [-0.39, 0.29) is 0 Å². The van der Waals surface area contributed by atoms with Crippen LogP contribution in [0.15, 0.2) is 42.6 Å². The third-order valence-electron chi connectivity index (χ3n) is 2.69. The van der Waals surface area contributed by atoms with E-state index in [4.69, 9.17) is 5.26 Å². The second-order valence-corrected chi connectivity index (χ2v) is 3.91. The standard InChI is InChI=1S/C15H11N3/c1-18-8-2-3-15(18)14(11-17)9-12-4-6-13(10-16)7-5-12/h2-9H,1H3/b14-9+. The van der Waals surface area contributed by atoms with Crippen molar-refractivity contribution in [2.45, 2.75) is 0 Å². The molecular weight excluding hydrogens is 222 g/mol. The Labute approximate surface area is 106 Å². The summed E-state index contributed by atoms with van der Waals surface area (Å²) in [7, 11) is 1.90. The average molecular weight is 233 g/mol. The molecule has 0 N–H and O–H groups in total. The van der Waals surface area contributed by atoms with Crippen LogP contribution in [-0.2, 0) is 7.05 Å². The predicted octanol–water partition coefficient (Wildman–Crippen LogP) is 2.96. The van der Waals surface area contributed by atoms with Crippen LogP contribution in [0.4, 0.5) is 0 Å². The lowest BCUT2D eigenvalue weighted by Crippen LogP contribution is -1.92. The Morgan fingerprint density at radius 3 is 2.39 bits per heavy atom. The Morgan fingerprint density at radius 2 is 1.89 bits per heavy atom. The molecule has 0 aliphatic carbocycles. The molecule has 86 valence electrons. The van der Waals surface area contributed by atoms with Gasteiger partial charge in [-0.1, -0.05) is 12.1 Å². The van der Waals surface area contributed by atoms with Crippen LogP contribution < -0.4 is 0 Å². The topological polar surface area (TPSA) is 52.5 Å². The van der Waals surface area contributed by atoms with Crippen LogP contribution in [0.2, 0.25) is 0 Å². The van der Waals surface area contributed by atoms with Crippen molar-refractivity contribution < 1.29 is 0 Å². The molecule has 3 heteroatoms. The quantitative estimate of drug-likeness (QED) is 0.749. The molecule has 0 aliphatic rings. The Kier molecular flexibility index (Phi) is 3.27. The molecule has 0 unspecified atom stereocenters. The first-order valence-electron chi connectivity index (χ1n) is 5.48. The van der Waals surface area contributed by atoms with Crippen molar-refractivity contribution in [3.8, 4) is 12.1 Å². The third-order valence-corrected chi connectivity index (χ3v) is 2.69. The maximum absolute atomic E-state index is 9.20.